The highest BCUT2D eigenvalue weighted by molar-refractivity contribution is 5.72. The Morgan fingerprint density at radius 3 is 2.57 bits per heavy atom. The summed E-state index contributed by atoms with van der Waals surface area (Å²) < 4.78 is 9.99. The zero-order chi connectivity index (χ0) is 15.2. The van der Waals surface area contributed by atoms with Gasteiger partial charge in [0.05, 0.1) is 31.4 Å². The molecule has 0 bridgehead atoms. The van der Waals surface area contributed by atoms with Gasteiger partial charge in [0, 0.05) is 12.1 Å². The molecule has 1 saturated carbocycles. The molecule has 1 aliphatic carbocycles. The van der Waals surface area contributed by atoms with Gasteiger partial charge < -0.3 is 14.8 Å². The van der Waals surface area contributed by atoms with Crippen LogP contribution in [0.1, 0.15) is 31.2 Å². The summed E-state index contributed by atoms with van der Waals surface area (Å²) in [6.07, 6.45) is 3.41. The highest BCUT2D eigenvalue weighted by Crippen LogP contribution is 2.29. The molecule has 112 valence electrons. The maximum Gasteiger partial charge on any atom is 0.308 e. The Hall–Kier alpha value is -2.22. The number of hydrogen-bond donors (Lipinski definition) is 1. The van der Waals surface area contributed by atoms with Gasteiger partial charge in [0.15, 0.2) is 0 Å². The Bertz CT molecular complexity index is 543. The molecule has 0 aromatic heterocycles. The first-order valence-corrected chi connectivity index (χ1v) is 7.10. The van der Waals surface area contributed by atoms with Gasteiger partial charge in [-0.05, 0) is 37.8 Å². The molecule has 5 heteroatoms. The minimum Gasteiger partial charge on any atom is -0.497 e. The first-order valence-electron chi connectivity index (χ1n) is 7.10. The van der Waals surface area contributed by atoms with Crippen LogP contribution in [0.5, 0.6) is 5.75 Å². The van der Waals surface area contributed by atoms with Crippen molar-refractivity contribution in [1.82, 2.24) is 0 Å². The van der Waals surface area contributed by atoms with E-state index < -0.39 is 0 Å². The number of esters is 1. The predicted octanol–water partition coefficient (Wildman–Crippen LogP) is 2.71. The van der Waals surface area contributed by atoms with E-state index in [2.05, 4.69) is 11.4 Å². The molecule has 0 atom stereocenters. The molecule has 0 radical (unpaired) electrons. The Kier molecular flexibility index (Phi) is 5.04. The van der Waals surface area contributed by atoms with Crippen molar-refractivity contribution < 1.29 is 14.3 Å². The third kappa shape index (κ3) is 3.66. The number of methoxy groups -OCH3 is 2. The van der Waals surface area contributed by atoms with Gasteiger partial charge in [-0.15, -0.1) is 0 Å². The first kappa shape index (κ1) is 15.2. The number of nitrogens with one attached hydrogen (secondary N) is 1. The number of hydrogen-bond acceptors (Lipinski definition) is 5. The lowest BCUT2D eigenvalue weighted by Crippen LogP contribution is -2.30. The Morgan fingerprint density at radius 1 is 1.29 bits per heavy atom. The van der Waals surface area contributed by atoms with Gasteiger partial charge in [-0.3, -0.25) is 4.79 Å². The molecule has 0 spiro atoms. The van der Waals surface area contributed by atoms with Crippen LogP contribution < -0.4 is 10.1 Å². The number of carbonyl (C=O) groups is 1. The largest absolute Gasteiger partial charge is 0.497 e. The molecule has 0 amide bonds. The molecule has 2 rings (SSSR count). The molecule has 0 unspecified atom stereocenters. The summed E-state index contributed by atoms with van der Waals surface area (Å²) in [7, 11) is 3.04. The summed E-state index contributed by atoms with van der Waals surface area (Å²) in [6, 6.07) is 7.81. The van der Waals surface area contributed by atoms with Crippen LogP contribution in [0.25, 0.3) is 0 Å². The fourth-order valence-corrected chi connectivity index (χ4v) is 2.73. The van der Waals surface area contributed by atoms with E-state index in [-0.39, 0.29) is 17.9 Å². The van der Waals surface area contributed by atoms with Gasteiger partial charge >= 0.3 is 5.97 Å². The van der Waals surface area contributed by atoms with Crippen molar-refractivity contribution >= 4 is 11.7 Å². The summed E-state index contributed by atoms with van der Waals surface area (Å²) in [5.74, 6) is 0.612. The number of carbonyl (C=O) groups excluding carboxylic acids is 1. The zero-order valence-electron chi connectivity index (χ0n) is 12.4. The van der Waals surface area contributed by atoms with Crippen molar-refractivity contribution in [2.75, 3.05) is 19.5 Å². The molecule has 5 nitrogen and oxygen atoms in total. The Labute approximate surface area is 124 Å². The Balaban J connectivity index is 2.00. The zero-order valence-corrected chi connectivity index (χ0v) is 12.4. The van der Waals surface area contributed by atoms with E-state index in [9.17, 15) is 4.79 Å². The van der Waals surface area contributed by atoms with Crippen LogP contribution in [0.3, 0.4) is 0 Å². The first-order chi connectivity index (χ1) is 10.2. The predicted molar refractivity (Wildman–Crippen MR) is 79.1 cm³/mol. The molecule has 1 N–H and O–H groups in total. The van der Waals surface area contributed by atoms with Crippen molar-refractivity contribution in [3.63, 3.8) is 0 Å². The highest BCUT2D eigenvalue weighted by atomic mass is 16.5. The van der Waals surface area contributed by atoms with Gasteiger partial charge in [0.25, 0.3) is 0 Å². The number of benzene rings is 1. The van der Waals surface area contributed by atoms with E-state index in [0.717, 1.165) is 37.1 Å². The molecule has 1 fully saturated rings. The second kappa shape index (κ2) is 6.98. The van der Waals surface area contributed by atoms with Crippen LogP contribution in [0.4, 0.5) is 5.69 Å². The van der Waals surface area contributed by atoms with E-state index >= 15 is 0 Å². The maximum absolute atomic E-state index is 11.5. The van der Waals surface area contributed by atoms with Gasteiger partial charge in [-0.1, -0.05) is 0 Å². The lowest BCUT2D eigenvalue weighted by atomic mass is 9.86. The lowest BCUT2D eigenvalue weighted by molar-refractivity contribution is -0.146. The van der Waals surface area contributed by atoms with Crippen molar-refractivity contribution in [2.24, 2.45) is 5.92 Å². The van der Waals surface area contributed by atoms with Gasteiger partial charge in [-0.25, -0.2) is 0 Å². The van der Waals surface area contributed by atoms with E-state index in [1.165, 1.54) is 7.11 Å². The smallest absolute Gasteiger partial charge is 0.308 e. The number of nitrogens with zero attached hydrogens (tertiary/aromatic N) is 1. The molecule has 1 aromatic rings. The molecule has 1 aliphatic rings. The quantitative estimate of drug-likeness (QED) is 0.862. The third-order valence-corrected chi connectivity index (χ3v) is 3.97. The average Bonchev–Trinajstić information content (AvgIpc) is 2.54. The van der Waals surface area contributed by atoms with E-state index in [1.54, 1.807) is 19.2 Å². The van der Waals surface area contributed by atoms with Crippen molar-refractivity contribution in [2.45, 2.75) is 31.7 Å². The summed E-state index contributed by atoms with van der Waals surface area (Å²) in [5.41, 5.74) is 1.39. The summed E-state index contributed by atoms with van der Waals surface area (Å²) >= 11 is 0. The van der Waals surface area contributed by atoms with Crippen LogP contribution in [0.15, 0.2) is 18.2 Å². The Morgan fingerprint density at radius 2 is 2.00 bits per heavy atom. The molecule has 0 aliphatic heterocycles. The SMILES string of the molecule is COC(=O)C1CCC(Nc2cc(OC)ccc2C#N)CC1. The van der Waals surface area contributed by atoms with Crippen LogP contribution in [-0.2, 0) is 9.53 Å². The molecular weight excluding hydrogens is 268 g/mol. The fraction of sp³-hybridized carbons (Fsp3) is 0.500. The second-order valence-corrected chi connectivity index (χ2v) is 5.24. The van der Waals surface area contributed by atoms with Gasteiger partial charge in [-0.2, -0.15) is 5.26 Å². The van der Waals surface area contributed by atoms with Crippen molar-refractivity contribution in [3.05, 3.63) is 23.8 Å². The minimum absolute atomic E-state index is 0.00815. The number of ether oxygens (including phenoxy) is 2. The van der Waals surface area contributed by atoms with Gasteiger partial charge in [0.2, 0.25) is 0 Å². The van der Waals surface area contributed by atoms with E-state index in [0.29, 0.717) is 5.56 Å². The van der Waals surface area contributed by atoms with Crippen LogP contribution in [-0.4, -0.2) is 26.2 Å². The normalized spacial score (nSPS) is 21.2. The average molecular weight is 288 g/mol. The van der Waals surface area contributed by atoms with Crippen molar-refractivity contribution in [3.8, 4) is 11.8 Å². The van der Waals surface area contributed by atoms with Crippen LogP contribution in [0, 0.1) is 17.2 Å². The molecule has 21 heavy (non-hydrogen) atoms. The monoisotopic (exact) mass is 288 g/mol. The standard InChI is InChI=1S/C16H20N2O3/c1-20-14-8-5-12(10-17)15(9-14)18-13-6-3-11(4-7-13)16(19)21-2/h5,8-9,11,13,18H,3-4,6-7H2,1-2H3. The number of rotatable bonds is 4. The third-order valence-electron chi connectivity index (χ3n) is 3.97. The van der Waals surface area contributed by atoms with Gasteiger partial charge in [0.1, 0.15) is 11.8 Å². The number of anilines is 1. The highest BCUT2D eigenvalue weighted by Gasteiger charge is 2.27. The van der Waals surface area contributed by atoms with Crippen LogP contribution >= 0.6 is 0 Å². The number of nitriles is 1. The topological polar surface area (TPSA) is 71.3 Å². The lowest BCUT2D eigenvalue weighted by Gasteiger charge is -2.28. The van der Waals surface area contributed by atoms with Crippen LogP contribution in [0.2, 0.25) is 0 Å². The summed E-state index contributed by atoms with van der Waals surface area (Å²) in [6.45, 7) is 0. The second-order valence-electron chi connectivity index (χ2n) is 5.24. The summed E-state index contributed by atoms with van der Waals surface area (Å²) in [4.78, 5) is 11.5. The molecule has 0 saturated heterocycles. The summed E-state index contributed by atoms with van der Waals surface area (Å²) in [5, 5.41) is 12.6. The molecule has 0 heterocycles. The minimum atomic E-state index is -0.118. The van der Waals surface area contributed by atoms with Crippen molar-refractivity contribution in [1.29, 1.82) is 5.26 Å². The van der Waals surface area contributed by atoms with E-state index in [4.69, 9.17) is 14.7 Å². The van der Waals surface area contributed by atoms with E-state index in [1.807, 2.05) is 6.07 Å². The fourth-order valence-electron chi connectivity index (χ4n) is 2.73. The molecule has 1 aromatic carbocycles. The maximum atomic E-state index is 11.5. The molecular formula is C16H20N2O3.